The van der Waals surface area contributed by atoms with E-state index in [4.69, 9.17) is 4.74 Å². The number of methoxy groups -OCH3 is 1. The summed E-state index contributed by atoms with van der Waals surface area (Å²) in [6.45, 7) is 4.22. The van der Waals surface area contributed by atoms with Crippen LogP contribution in [0.5, 0.6) is 5.75 Å². The lowest BCUT2D eigenvalue weighted by Gasteiger charge is -2.35. The number of likely N-dealkylation sites (tertiary alicyclic amines) is 1. The second-order valence-electron chi connectivity index (χ2n) is 7.34. The molecule has 5 heteroatoms. The van der Waals surface area contributed by atoms with Gasteiger partial charge in [-0.2, -0.15) is 0 Å². The summed E-state index contributed by atoms with van der Waals surface area (Å²) in [5.41, 5.74) is 1.50. The molecule has 2 unspecified atom stereocenters. The molecule has 0 radical (unpaired) electrons. The van der Waals surface area contributed by atoms with Crippen LogP contribution >= 0.6 is 0 Å². The molecule has 0 aliphatic carbocycles. The van der Waals surface area contributed by atoms with Crippen molar-refractivity contribution < 1.29 is 13.9 Å². The van der Waals surface area contributed by atoms with E-state index in [2.05, 4.69) is 16.3 Å². The van der Waals surface area contributed by atoms with Gasteiger partial charge in [-0.05, 0) is 50.6 Å². The van der Waals surface area contributed by atoms with Crippen molar-refractivity contribution in [2.75, 3.05) is 26.7 Å². The number of hydrogen-bond acceptors (Lipinski definition) is 3. The average Bonchev–Trinajstić information content (AvgIpc) is 2.74. The molecular formula is C23H29FN2O2. The molecule has 1 aliphatic heterocycles. The number of benzene rings is 2. The summed E-state index contributed by atoms with van der Waals surface area (Å²) in [6.07, 6.45) is 3.56. The third-order valence-electron chi connectivity index (χ3n) is 5.56. The average molecular weight is 384 g/mol. The van der Waals surface area contributed by atoms with Gasteiger partial charge in [0.1, 0.15) is 11.6 Å². The fourth-order valence-corrected chi connectivity index (χ4v) is 3.93. The second-order valence-corrected chi connectivity index (χ2v) is 7.34. The molecule has 1 amide bonds. The fourth-order valence-electron chi connectivity index (χ4n) is 3.93. The Hall–Kier alpha value is -2.40. The molecule has 1 heterocycles. The minimum absolute atomic E-state index is 0.0354. The minimum Gasteiger partial charge on any atom is -0.496 e. The van der Waals surface area contributed by atoms with Crippen molar-refractivity contribution in [3.05, 3.63) is 65.5 Å². The summed E-state index contributed by atoms with van der Waals surface area (Å²) < 4.78 is 19.6. The first-order chi connectivity index (χ1) is 13.6. The maximum absolute atomic E-state index is 14.0. The molecular weight excluding hydrogens is 355 g/mol. The third kappa shape index (κ3) is 4.71. The van der Waals surface area contributed by atoms with Gasteiger partial charge in [-0.3, -0.25) is 9.69 Å². The van der Waals surface area contributed by atoms with Gasteiger partial charge in [-0.1, -0.05) is 42.8 Å². The summed E-state index contributed by atoms with van der Waals surface area (Å²) in [6, 6.07) is 14.5. The fraction of sp³-hybridized carbons (Fsp3) is 0.435. The van der Waals surface area contributed by atoms with Gasteiger partial charge < -0.3 is 10.1 Å². The number of halogens is 1. The highest BCUT2D eigenvalue weighted by Gasteiger charge is 2.26. The van der Waals surface area contributed by atoms with E-state index >= 15 is 0 Å². The zero-order valence-electron chi connectivity index (χ0n) is 16.7. The summed E-state index contributed by atoms with van der Waals surface area (Å²) in [5, 5.41) is 3.05. The number of carbonyl (C=O) groups excluding carboxylic acids is 1. The predicted molar refractivity (Wildman–Crippen MR) is 109 cm³/mol. The van der Waals surface area contributed by atoms with Crippen molar-refractivity contribution in [3.63, 3.8) is 0 Å². The van der Waals surface area contributed by atoms with Gasteiger partial charge in [-0.15, -0.1) is 0 Å². The molecule has 0 aromatic heterocycles. The van der Waals surface area contributed by atoms with Crippen LogP contribution in [0.4, 0.5) is 4.39 Å². The molecule has 0 spiro atoms. The van der Waals surface area contributed by atoms with Crippen molar-refractivity contribution in [2.45, 2.75) is 38.1 Å². The Morgan fingerprint density at radius 1 is 1.07 bits per heavy atom. The molecule has 1 fully saturated rings. The number of carbonyl (C=O) groups is 1. The molecule has 2 aromatic carbocycles. The molecule has 1 N–H and O–H groups in total. The van der Waals surface area contributed by atoms with Crippen LogP contribution in [0, 0.1) is 5.82 Å². The summed E-state index contributed by atoms with van der Waals surface area (Å²) in [5.74, 6) is -0.222. The molecule has 1 aliphatic rings. The second kappa shape index (κ2) is 9.69. The van der Waals surface area contributed by atoms with E-state index in [9.17, 15) is 9.18 Å². The summed E-state index contributed by atoms with van der Waals surface area (Å²) in [7, 11) is 1.67. The first kappa shape index (κ1) is 20.3. The van der Waals surface area contributed by atoms with Crippen molar-refractivity contribution in [1.29, 1.82) is 0 Å². The topological polar surface area (TPSA) is 41.6 Å². The quantitative estimate of drug-likeness (QED) is 0.775. The normalized spacial score (nSPS) is 17.0. The van der Waals surface area contributed by atoms with Gasteiger partial charge in [-0.25, -0.2) is 4.39 Å². The van der Waals surface area contributed by atoms with Crippen LogP contribution in [0.15, 0.2) is 48.5 Å². The minimum atomic E-state index is -0.541. The largest absolute Gasteiger partial charge is 0.496 e. The van der Waals surface area contributed by atoms with Gasteiger partial charge in [0.05, 0.1) is 19.1 Å². The van der Waals surface area contributed by atoms with E-state index in [0.717, 1.165) is 37.2 Å². The molecule has 28 heavy (non-hydrogen) atoms. The summed E-state index contributed by atoms with van der Waals surface area (Å²) >= 11 is 0. The van der Waals surface area contributed by atoms with Crippen LogP contribution in [0.3, 0.4) is 0 Å². The smallest absolute Gasteiger partial charge is 0.227 e. The SMILES string of the molecule is COc1ccccc1C(CNC(=O)C(C)c1ccccc1F)N1CCCCC1. The molecule has 4 nitrogen and oxygen atoms in total. The Kier molecular flexibility index (Phi) is 7.04. The Balaban J connectivity index is 1.76. The number of amides is 1. The molecule has 0 saturated carbocycles. The molecule has 3 rings (SSSR count). The van der Waals surface area contributed by atoms with Crippen molar-refractivity contribution in [3.8, 4) is 5.75 Å². The van der Waals surface area contributed by atoms with Gasteiger partial charge in [0.25, 0.3) is 0 Å². The standard InChI is InChI=1S/C23H29FN2O2/c1-17(18-10-4-6-12-20(18)24)23(27)25-16-21(26-14-8-3-9-15-26)19-11-5-7-13-22(19)28-2/h4-7,10-13,17,21H,3,8-9,14-16H2,1-2H3,(H,25,27). The molecule has 1 saturated heterocycles. The molecule has 2 atom stereocenters. The van der Waals surface area contributed by atoms with Gasteiger partial charge in [0.2, 0.25) is 5.91 Å². The van der Waals surface area contributed by atoms with E-state index < -0.39 is 5.92 Å². The van der Waals surface area contributed by atoms with E-state index in [-0.39, 0.29) is 17.8 Å². The monoisotopic (exact) mass is 384 g/mol. The zero-order valence-corrected chi connectivity index (χ0v) is 16.7. The highest BCUT2D eigenvalue weighted by atomic mass is 19.1. The lowest BCUT2D eigenvalue weighted by Crippen LogP contribution is -2.41. The number of nitrogens with one attached hydrogen (secondary N) is 1. The van der Waals surface area contributed by atoms with E-state index in [0.29, 0.717) is 12.1 Å². The Bertz CT molecular complexity index is 790. The van der Waals surface area contributed by atoms with Crippen molar-refractivity contribution in [1.82, 2.24) is 10.2 Å². The Morgan fingerprint density at radius 2 is 1.71 bits per heavy atom. The van der Waals surface area contributed by atoms with E-state index in [1.165, 1.54) is 12.5 Å². The third-order valence-corrected chi connectivity index (χ3v) is 5.56. The zero-order chi connectivity index (χ0) is 19.9. The predicted octanol–water partition coefficient (Wildman–Crippen LogP) is 4.28. The summed E-state index contributed by atoms with van der Waals surface area (Å²) in [4.78, 5) is 15.2. The Labute approximate surface area is 166 Å². The van der Waals surface area contributed by atoms with Gasteiger partial charge >= 0.3 is 0 Å². The highest BCUT2D eigenvalue weighted by molar-refractivity contribution is 5.83. The number of piperidine rings is 1. The van der Waals surface area contributed by atoms with Crippen molar-refractivity contribution in [2.24, 2.45) is 0 Å². The van der Waals surface area contributed by atoms with E-state index in [1.807, 2.05) is 18.2 Å². The number of ether oxygens (including phenoxy) is 1. The molecule has 150 valence electrons. The first-order valence-corrected chi connectivity index (χ1v) is 10.0. The lowest BCUT2D eigenvalue weighted by atomic mass is 9.98. The van der Waals surface area contributed by atoms with Crippen LogP contribution in [-0.2, 0) is 4.79 Å². The van der Waals surface area contributed by atoms with Crippen LogP contribution in [-0.4, -0.2) is 37.6 Å². The lowest BCUT2D eigenvalue weighted by molar-refractivity contribution is -0.122. The molecule has 0 bridgehead atoms. The van der Waals surface area contributed by atoms with Crippen LogP contribution in [0.2, 0.25) is 0 Å². The number of rotatable bonds is 7. The number of nitrogens with zero attached hydrogens (tertiary/aromatic N) is 1. The maximum atomic E-state index is 14.0. The number of para-hydroxylation sites is 1. The Morgan fingerprint density at radius 3 is 2.39 bits per heavy atom. The van der Waals surface area contributed by atoms with Crippen LogP contribution in [0.25, 0.3) is 0 Å². The van der Waals surface area contributed by atoms with E-state index in [1.54, 1.807) is 32.2 Å². The van der Waals surface area contributed by atoms with Crippen molar-refractivity contribution >= 4 is 5.91 Å². The maximum Gasteiger partial charge on any atom is 0.227 e. The first-order valence-electron chi connectivity index (χ1n) is 10.0. The van der Waals surface area contributed by atoms with Crippen LogP contribution < -0.4 is 10.1 Å². The molecule has 2 aromatic rings. The van der Waals surface area contributed by atoms with Gasteiger partial charge in [0.15, 0.2) is 0 Å². The van der Waals surface area contributed by atoms with Crippen LogP contribution in [0.1, 0.15) is 49.3 Å². The van der Waals surface area contributed by atoms with Gasteiger partial charge in [0, 0.05) is 12.1 Å². The number of hydrogen-bond donors (Lipinski definition) is 1. The highest BCUT2D eigenvalue weighted by Crippen LogP contribution is 2.31.